The number of hydrogen-bond donors (Lipinski definition) is 0. The predicted octanol–water partition coefficient (Wildman–Crippen LogP) is 3.62. The lowest BCUT2D eigenvalue weighted by Crippen LogP contribution is -2.30. The van der Waals surface area contributed by atoms with Gasteiger partial charge in [0.25, 0.3) is 0 Å². The van der Waals surface area contributed by atoms with Crippen molar-refractivity contribution in [2.45, 2.75) is 18.7 Å². The van der Waals surface area contributed by atoms with E-state index in [4.69, 9.17) is 4.74 Å². The molecule has 0 fully saturated rings. The first-order chi connectivity index (χ1) is 12.4. The van der Waals surface area contributed by atoms with Crippen LogP contribution in [0.2, 0.25) is 0 Å². The van der Waals surface area contributed by atoms with E-state index < -0.39 is 10.0 Å². The number of carbonyl (C=O) groups is 1. The van der Waals surface area contributed by atoms with Crippen LogP contribution < -0.4 is 4.74 Å². The number of nitrogens with zero attached hydrogens (tertiary/aromatic N) is 1. The van der Waals surface area contributed by atoms with E-state index in [0.29, 0.717) is 24.2 Å². The zero-order valence-corrected chi connectivity index (χ0v) is 16.0. The molecule has 2 aromatic rings. The molecule has 0 aliphatic carbocycles. The first-order valence-electron chi connectivity index (χ1n) is 8.39. The summed E-state index contributed by atoms with van der Waals surface area (Å²) >= 11 is 0. The summed E-state index contributed by atoms with van der Waals surface area (Å²) in [7, 11) is -2.23. The molecule has 0 heterocycles. The number of carbonyl (C=O) groups excluding carboxylic acids is 1. The number of allylic oxidation sites excluding steroid dienone is 1. The Kier molecular flexibility index (Phi) is 6.71. The highest BCUT2D eigenvalue weighted by molar-refractivity contribution is 7.89. The van der Waals surface area contributed by atoms with Crippen LogP contribution in [0.3, 0.4) is 0 Å². The van der Waals surface area contributed by atoms with Crippen LogP contribution >= 0.6 is 0 Å². The topological polar surface area (TPSA) is 63.7 Å². The van der Waals surface area contributed by atoms with Crippen molar-refractivity contribution < 1.29 is 17.9 Å². The van der Waals surface area contributed by atoms with E-state index in [-0.39, 0.29) is 16.4 Å². The van der Waals surface area contributed by atoms with E-state index in [2.05, 4.69) is 0 Å². The Hall–Kier alpha value is -2.44. The molecule has 0 bridgehead atoms. The van der Waals surface area contributed by atoms with Crippen molar-refractivity contribution in [3.05, 3.63) is 65.7 Å². The van der Waals surface area contributed by atoms with Crippen LogP contribution in [0.5, 0.6) is 5.75 Å². The molecule has 0 radical (unpaired) electrons. The van der Waals surface area contributed by atoms with E-state index in [1.807, 2.05) is 6.07 Å². The van der Waals surface area contributed by atoms with Crippen molar-refractivity contribution in [3.63, 3.8) is 0 Å². The molecule has 0 aliphatic heterocycles. The van der Waals surface area contributed by atoms with Crippen LogP contribution in [-0.4, -0.2) is 38.7 Å². The minimum Gasteiger partial charge on any atom is -0.495 e. The summed E-state index contributed by atoms with van der Waals surface area (Å²) in [6.07, 6.45) is 3.04. The van der Waals surface area contributed by atoms with Crippen molar-refractivity contribution in [1.82, 2.24) is 4.31 Å². The lowest BCUT2D eigenvalue weighted by molar-refractivity contribution is 0.104. The van der Waals surface area contributed by atoms with Crippen LogP contribution in [0, 0.1) is 0 Å². The summed E-state index contributed by atoms with van der Waals surface area (Å²) in [4.78, 5) is 12.3. The van der Waals surface area contributed by atoms with E-state index in [9.17, 15) is 13.2 Å². The fraction of sp³-hybridized carbons (Fsp3) is 0.250. The van der Waals surface area contributed by atoms with Gasteiger partial charge in [-0.05, 0) is 23.8 Å². The number of ketones is 1. The molecule has 0 amide bonds. The van der Waals surface area contributed by atoms with Gasteiger partial charge in [0.1, 0.15) is 10.6 Å². The van der Waals surface area contributed by atoms with Gasteiger partial charge >= 0.3 is 0 Å². The fourth-order valence-electron chi connectivity index (χ4n) is 2.57. The maximum Gasteiger partial charge on any atom is 0.246 e. The Bertz CT molecular complexity index is 885. The molecule has 26 heavy (non-hydrogen) atoms. The molecule has 0 aromatic heterocycles. The average Bonchev–Trinajstić information content (AvgIpc) is 2.67. The molecule has 2 aromatic carbocycles. The first-order valence-corrected chi connectivity index (χ1v) is 9.83. The van der Waals surface area contributed by atoms with Gasteiger partial charge in [-0.1, -0.05) is 56.3 Å². The van der Waals surface area contributed by atoms with Crippen LogP contribution in [0.4, 0.5) is 0 Å². The van der Waals surface area contributed by atoms with Gasteiger partial charge in [-0.3, -0.25) is 4.79 Å². The number of benzene rings is 2. The zero-order chi connectivity index (χ0) is 19.2. The van der Waals surface area contributed by atoms with E-state index in [1.165, 1.54) is 23.6 Å². The SMILES string of the molecule is CCN(CC)S(=O)(=O)c1cc(/C=C/C(=O)c2ccccc2)ccc1OC. The lowest BCUT2D eigenvalue weighted by Gasteiger charge is -2.20. The predicted molar refractivity (Wildman–Crippen MR) is 103 cm³/mol. The maximum atomic E-state index is 12.8. The number of methoxy groups -OCH3 is 1. The summed E-state index contributed by atoms with van der Waals surface area (Å²) in [5.41, 5.74) is 1.19. The molecule has 5 nitrogen and oxygen atoms in total. The minimum atomic E-state index is -3.67. The number of sulfonamides is 1. The number of hydrogen-bond acceptors (Lipinski definition) is 4. The zero-order valence-electron chi connectivity index (χ0n) is 15.2. The molecule has 2 rings (SSSR count). The Morgan fingerprint density at radius 1 is 1.08 bits per heavy atom. The Balaban J connectivity index is 2.38. The summed E-state index contributed by atoms with van der Waals surface area (Å²) in [6.45, 7) is 4.31. The monoisotopic (exact) mass is 373 g/mol. The Morgan fingerprint density at radius 3 is 2.31 bits per heavy atom. The standard InChI is InChI=1S/C20H23NO4S/c1-4-21(5-2)26(23,24)20-15-16(12-14-19(20)25-3)11-13-18(22)17-9-7-6-8-10-17/h6-15H,4-5H2,1-3H3/b13-11+. The summed E-state index contributed by atoms with van der Waals surface area (Å²) in [6, 6.07) is 13.7. The molecule has 138 valence electrons. The van der Waals surface area contributed by atoms with Gasteiger partial charge in [-0.15, -0.1) is 0 Å². The van der Waals surface area contributed by atoms with Crippen LogP contribution in [-0.2, 0) is 10.0 Å². The van der Waals surface area contributed by atoms with E-state index >= 15 is 0 Å². The van der Waals surface area contributed by atoms with Crippen LogP contribution in [0.15, 0.2) is 59.5 Å². The fourth-order valence-corrected chi connectivity index (χ4v) is 4.22. The molecule has 0 atom stereocenters. The second kappa shape index (κ2) is 8.78. The molecule has 0 saturated carbocycles. The molecule has 0 unspecified atom stereocenters. The normalized spacial score (nSPS) is 11.8. The van der Waals surface area contributed by atoms with Crippen molar-refractivity contribution in [3.8, 4) is 5.75 Å². The third kappa shape index (κ3) is 4.39. The molecule has 0 saturated heterocycles. The second-order valence-corrected chi connectivity index (χ2v) is 7.47. The van der Waals surface area contributed by atoms with Crippen LogP contribution in [0.1, 0.15) is 29.8 Å². The second-order valence-electron chi connectivity index (χ2n) is 5.56. The van der Waals surface area contributed by atoms with E-state index in [1.54, 1.807) is 56.3 Å². The lowest BCUT2D eigenvalue weighted by atomic mass is 10.1. The Morgan fingerprint density at radius 2 is 1.73 bits per heavy atom. The van der Waals surface area contributed by atoms with Crippen molar-refractivity contribution in [2.24, 2.45) is 0 Å². The van der Waals surface area contributed by atoms with Gasteiger partial charge in [0.2, 0.25) is 10.0 Å². The van der Waals surface area contributed by atoms with Crippen molar-refractivity contribution in [1.29, 1.82) is 0 Å². The van der Waals surface area contributed by atoms with E-state index in [0.717, 1.165) is 0 Å². The molecule has 6 heteroatoms. The molecule has 0 N–H and O–H groups in total. The summed E-state index contributed by atoms with van der Waals surface area (Å²) in [5.74, 6) is 0.137. The molecule has 0 aliphatic rings. The van der Waals surface area contributed by atoms with Gasteiger partial charge in [0.05, 0.1) is 7.11 Å². The third-order valence-corrected chi connectivity index (χ3v) is 6.07. The molecular formula is C20H23NO4S. The highest BCUT2D eigenvalue weighted by Gasteiger charge is 2.25. The van der Waals surface area contributed by atoms with Crippen molar-refractivity contribution >= 4 is 21.9 Å². The van der Waals surface area contributed by atoms with Crippen LogP contribution in [0.25, 0.3) is 6.08 Å². The summed E-state index contributed by atoms with van der Waals surface area (Å²) in [5, 5.41) is 0. The molecular weight excluding hydrogens is 350 g/mol. The minimum absolute atomic E-state index is 0.0954. The number of rotatable bonds is 8. The smallest absolute Gasteiger partial charge is 0.246 e. The van der Waals surface area contributed by atoms with Gasteiger partial charge in [-0.25, -0.2) is 8.42 Å². The highest BCUT2D eigenvalue weighted by atomic mass is 32.2. The first kappa shape index (κ1) is 19.9. The average molecular weight is 373 g/mol. The quantitative estimate of drug-likeness (QED) is 0.524. The molecule has 0 spiro atoms. The van der Waals surface area contributed by atoms with Gasteiger partial charge in [-0.2, -0.15) is 4.31 Å². The number of ether oxygens (including phenoxy) is 1. The third-order valence-electron chi connectivity index (χ3n) is 4.00. The van der Waals surface area contributed by atoms with Crippen molar-refractivity contribution in [2.75, 3.05) is 20.2 Å². The van der Waals surface area contributed by atoms with Gasteiger partial charge in [0.15, 0.2) is 5.78 Å². The summed E-state index contributed by atoms with van der Waals surface area (Å²) < 4.78 is 32.3. The highest BCUT2D eigenvalue weighted by Crippen LogP contribution is 2.28. The Labute approximate surface area is 155 Å². The van der Waals surface area contributed by atoms with Gasteiger partial charge < -0.3 is 4.74 Å². The maximum absolute atomic E-state index is 12.8. The van der Waals surface area contributed by atoms with Gasteiger partial charge in [0, 0.05) is 18.7 Å². The largest absolute Gasteiger partial charge is 0.495 e.